The van der Waals surface area contributed by atoms with Crippen molar-refractivity contribution < 1.29 is 14.3 Å². The van der Waals surface area contributed by atoms with Gasteiger partial charge >= 0.3 is 5.97 Å². The summed E-state index contributed by atoms with van der Waals surface area (Å²) in [5.41, 5.74) is 0.715. The third-order valence-electron chi connectivity index (χ3n) is 3.83. The molecule has 0 aliphatic rings. The number of ether oxygens (including phenoxy) is 1. The summed E-state index contributed by atoms with van der Waals surface area (Å²) in [5, 5.41) is 22.6. The Balaban J connectivity index is 1.49. The Kier molecular flexibility index (Phi) is 7.46. The molecule has 3 aromatic rings. The monoisotopic (exact) mass is 461 g/mol. The number of carbonyl (C=O) groups is 2. The van der Waals surface area contributed by atoms with E-state index in [4.69, 9.17) is 21.6 Å². The van der Waals surface area contributed by atoms with Gasteiger partial charge in [-0.05, 0) is 36.6 Å². The van der Waals surface area contributed by atoms with E-state index in [1.165, 1.54) is 23.9 Å². The van der Waals surface area contributed by atoms with Gasteiger partial charge in [-0.2, -0.15) is 5.26 Å². The van der Waals surface area contributed by atoms with Gasteiger partial charge in [-0.3, -0.25) is 9.59 Å². The van der Waals surface area contributed by atoms with Crippen LogP contribution in [-0.4, -0.2) is 39.0 Å². The first-order valence-corrected chi connectivity index (χ1v) is 11.0. The smallest absolute Gasteiger partial charge is 0.316 e. The number of hydrogen-bond donors (Lipinski definition) is 1. The van der Waals surface area contributed by atoms with E-state index in [-0.39, 0.29) is 10.8 Å². The summed E-state index contributed by atoms with van der Waals surface area (Å²) in [4.78, 5) is 25.0. The van der Waals surface area contributed by atoms with E-state index in [1.54, 1.807) is 17.4 Å². The lowest BCUT2D eigenvalue weighted by Crippen LogP contribution is -2.21. The van der Waals surface area contributed by atoms with Crippen molar-refractivity contribution in [2.75, 3.05) is 17.7 Å². The van der Waals surface area contributed by atoms with Crippen LogP contribution in [0.5, 0.6) is 0 Å². The first-order valence-electron chi connectivity index (χ1n) is 8.76. The number of esters is 1. The third-order valence-corrected chi connectivity index (χ3v) is 5.95. The Bertz CT molecular complexity index is 1090. The number of benzene rings is 1. The zero-order valence-corrected chi connectivity index (χ0v) is 18.2. The second kappa shape index (κ2) is 10.2. The maximum Gasteiger partial charge on any atom is 0.316 e. The van der Waals surface area contributed by atoms with Gasteiger partial charge in [0, 0.05) is 12.2 Å². The van der Waals surface area contributed by atoms with Crippen LogP contribution in [0.25, 0.3) is 10.7 Å². The molecule has 0 atom stereocenters. The number of hydrogen-bond acceptors (Lipinski definition) is 8. The molecule has 0 aliphatic heterocycles. The van der Waals surface area contributed by atoms with E-state index in [0.717, 1.165) is 10.7 Å². The fourth-order valence-electron chi connectivity index (χ4n) is 2.46. The molecule has 0 radical (unpaired) electrons. The molecule has 3 rings (SSSR count). The van der Waals surface area contributed by atoms with Crippen LogP contribution in [0.3, 0.4) is 0 Å². The van der Waals surface area contributed by atoms with Crippen molar-refractivity contribution >= 4 is 52.3 Å². The highest BCUT2D eigenvalue weighted by atomic mass is 35.5. The number of rotatable bonds is 8. The van der Waals surface area contributed by atoms with Crippen molar-refractivity contribution in [3.05, 3.63) is 46.3 Å². The number of halogens is 1. The average Bonchev–Trinajstić information content (AvgIpc) is 3.40. The molecule has 0 saturated heterocycles. The number of thioether (sulfide) groups is 1. The topological polar surface area (TPSA) is 110 Å². The zero-order valence-electron chi connectivity index (χ0n) is 15.8. The average molecular weight is 462 g/mol. The van der Waals surface area contributed by atoms with Crippen LogP contribution < -0.4 is 5.32 Å². The number of thiophene rings is 1. The number of anilines is 1. The van der Waals surface area contributed by atoms with Gasteiger partial charge < -0.3 is 14.6 Å². The van der Waals surface area contributed by atoms with Crippen molar-refractivity contribution in [2.45, 2.75) is 18.6 Å². The van der Waals surface area contributed by atoms with E-state index in [1.807, 2.05) is 35.1 Å². The number of amides is 1. The normalized spacial score (nSPS) is 10.4. The fraction of sp³-hybridized carbons (Fsp3) is 0.211. The molecule has 0 unspecified atom stereocenters. The van der Waals surface area contributed by atoms with Crippen molar-refractivity contribution in [2.24, 2.45) is 0 Å². The first-order chi connectivity index (χ1) is 14.5. The third kappa shape index (κ3) is 5.38. The molecule has 0 spiro atoms. The van der Waals surface area contributed by atoms with Gasteiger partial charge in [0.1, 0.15) is 6.07 Å². The highest BCUT2D eigenvalue weighted by molar-refractivity contribution is 7.99. The fourth-order valence-corrected chi connectivity index (χ4v) is 4.20. The van der Waals surface area contributed by atoms with Crippen LogP contribution in [0.4, 0.5) is 5.69 Å². The highest BCUT2D eigenvalue weighted by Gasteiger charge is 2.16. The predicted octanol–water partition coefficient (Wildman–Crippen LogP) is 3.83. The van der Waals surface area contributed by atoms with Gasteiger partial charge in [0.25, 0.3) is 5.91 Å². The Labute approximate surface area is 185 Å². The van der Waals surface area contributed by atoms with Gasteiger partial charge in [-0.15, -0.1) is 21.5 Å². The van der Waals surface area contributed by atoms with Crippen LogP contribution in [0.2, 0.25) is 5.02 Å². The van der Waals surface area contributed by atoms with E-state index < -0.39 is 18.5 Å². The molecule has 1 N–H and O–H groups in total. The molecule has 0 saturated carbocycles. The van der Waals surface area contributed by atoms with Crippen LogP contribution in [0, 0.1) is 11.3 Å². The Morgan fingerprint density at radius 3 is 2.87 bits per heavy atom. The number of aromatic nitrogens is 3. The standard InChI is InChI=1S/C19H16ClN5O3S2/c1-2-25-18(15-4-3-7-29-15)23-24-19(25)30-11-17(27)28-10-16(26)22-13-6-5-12(9-21)14(20)8-13/h3-8H,2,10-11H2,1H3,(H,22,26). The summed E-state index contributed by atoms with van der Waals surface area (Å²) in [6.45, 7) is 2.20. The summed E-state index contributed by atoms with van der Waals surface area (Å²) in [6.07, 6.45) is 0. The molecule has 0 fully saturated rings. The quantitative estimate of drug-likeness (QED) is 0.401. The van der Waals surface area contributed by atoms with Crippen LogP contribution in [0.1, 0.15) is 12.5 Å². The molecule has 154 valence electrons. The molecule has 0 aliphatic carbocycles. The largest absolute Gasteiger partial charge is 0.455 e. The minimum atomic E-state index is -0.545. The van der Waals surface area contributed by atoms with Crippen LogP contribution in [0.15, 0.2) is 40.9 Å². The van der Waals surface area contributed by atoms with Crippen molar-refractivity contribution in [1.82, 2.24) is 14.8 Å². The second-order valence-corrected chi connectivity index (χ2v) is 8.13. The lowest BCUT2D eigenvalue weighted by Gasteiger charge is -2.08. The predicted molar refractivity (Wildman–Crippen MR) is 115 cm³/mol. The molecule has 1 aromatic carbocycles. The van der Waals surface area contributed by atoms with Gasteiger partial charge in [-0.1, -0.05) is 29.4 Å². The maximum atomic E-state index is 12.0. The summed E-state index contributed by atoms with van der Waals surface area (Å²) < 4.78 is 6.93. The van der Waals surface area contributed by atoms with E-state index in [0.29, 0.717) is 23.0 Å². The van der Waals surface area contributed by atoms with E-state index in [2.05, 4.69) is 15.5 Å². The van der Waals surface area contributed by atoms with Crippen molar-refractivity contribution in [1.29, 1.82) is 5.26 Å². The maximum absolute atomic E-state index is 12.0. The van der Waals surface area contributed by atoms with E-state index in [9.17, 15) is 9.59 Å². The minimum absolute atomic E-state index is 0.00144. The molecular formula is C19H16ClN5O3S2. The lowest BCUT2D eigenvalue weighted by atomic mass is 10.2. The lowest BCUT2D eigenvalue weighted by molar-refractivity contribution is -0.144. The number of carbonyl (C=O) groups excluding carboxylic acids is 2. The number of nitrogens with zero attached hydrogens (tertiary/aromatic N) is 4. The Morgan fingerprint density at radius 1 is 1.37 bits per heavy atom. The van der Waals surface area contributed by atoms with Gasteiger partial charge in [0.05, 0.1) is 21.2 Å². The first kappa shape index (κ1) is 21.8. The number of nitrogens with one attached hydrogen (secondary N) is 1. The van der Waals surface area contributed by atoms with Crippen molar-refractivity contribution in [3.63, 3.8) is 0 Å². The molecule has 2 heterocycles. The molecule has 30 heavy (non-hydrogen) atoms. The minimum Gasteiger partial charge on any atom is -0.455 e. The number of nitriles is 1. The summed E-state index contributed by atoms with van der Waals surface area (Å²) in [7, 11) is 0. The summed E-state index contributed by atoms with van der Waals surface area (Å²) in [5.74, 6) is -0.301. The van der Waals surface area contributed by atoms with Gasteiger partial charge in [0.2, 0.25) is 0 Å². The highest BCUT2D eigenvalue weighted by Crippen LogP contribution is 2.27. The molecule has 11 heteroatoms. The van der Waals surface area contributed by atoms with Crippen LogP contribution in [-0.2, 0) is 20.9 Å². The molecule has 2 aromatic heterocycles. The zero-order chi connectivity index (χ0) is 21.5. The molecule has 1 amide bonds. The van der Waals surface area contributed by atoms with E-state index >= 15 is 0 Å². The Morgan fingerprint density at radius 2 is 2.20 bits per heavy atom. The molecule has 8 nitrogen and oxygen atoms in total. The SMILES string of the molecule is CCn1c(SCC(=O)OCC(=O)Nc2ccc(C#N)c(Cl)c2)nnc1-c1cccs1. The van der Waals surface area contributed by atoms with Gasteiger partial charge in [0.15, 0.2) is 17.6 Å². The molecular weight excluding hydrogens is 446 g/mol. The summed E-state index contributed by atoms with van der Waals surface area (Å²) >= 11 is 8.69. The van der Waals surface area contributed by atoms with Gasteiger partial charge in [-0.25, -0.2) is 0 Å². The Hall–Kier alpha value is -2.87. The van der Waals surface area contributed by atoms with Crippen molar-refractivity contribution in [3.8, 4) is 16.8 Å². The van der Waals surface area contributed by atoms with Crippen LogP contribution >= 0.6 is 34.7 Å². The second-order valence-electron chi connectivity index (χ2n) is 5.83. The summed E-state index contributed by atoms with van der Waals surface area (Å²) in [6, 6.07) is 10.3. The molecule has 0 bridgehead atoms.